The lowest BCUT2D eigenvalue weighted by atomic mass is 10.0. The van der Waals surface area contributed by atoms with E-state index in [1.807, 2.05) is 21.1 Å². The van der Waals surface area contributed by atoms with Crippen LogP contribution in [0.1, 0.15) is 245 Å². The van der Waals surface area contributed by atoms with Gasteiger partial charge >= 0.3 is 19.8 Å². The Labute approximate surface area is 479 Å². The Hall–Kier alpha value is -3.59. The molecule has 9 nitrogen and oxygen atoms in total. The van der Waals surface area contributed by atoms with Gasteiger partial charge in [0.2, 0.25) is 0 Å². The fourth-order valence-electron chi connectivity index (χ4n) is 8.25. The molecule has 10 heteroatoms. The van der Waals surface area contributed by atoms with Crippen LogP contribution in [0.2, 0.25) is 0 Å². The zero-order valence-corrected chi connectivity index (χ0v) is 51.5. The van der Waals surface area contributed by atoms with E-state index in [9.17, 15) is 19.0 Å². The first-order valence-corrected chi connectivity index (χ1v) is 32.8. The second-order valence-electron chi connectivity index (χ2n) is 21.7. The van der Waals surface area contributed by atoms with Crippen molar-refractivity contribution in [1.82, 2.24) is 0 Å². The first kappa shape index (κ1) is 74.4. The smallest absolute Gasteiger partial charge is 0.462 e. The second-order valence-corrected chi connectivity index (χ2v) is 23.1. The molecule has 0 aliphatic heterocycles. The number of ether oxygens (including phenoxy) is 2. The Morgan fingerprint density at radius 2 is 0.692 bits per heavy atom. The van der Waals surface area contributed by atoms with Gasteiger partial charge in [-0.3, -0.25) is 18.6 Å². The molecule has 0 amide bonds. The van der Waals surface area contributed by atoms with Crippen LogP contribution in [0.3, 0.4) is 0 Å². The third-order valence-corrected chi connectivity index (χ3v) is 14.0. The molecule has 0 aliphatic rings. The molecule has 0 bridgehead atoms. The topological polar surface area (TPSA) is 108 Å². The fraction of sp³-hybridized carbons (Fsp3) is 0.676. The van der Waals surface area contributed by atoms with Gasteiger partial charge in [-0.25, -0.2) is 4.57 Å². The van der Waals surface area contributed by atoms with Gasteiger partial charge in [-0.1, -0.05) is 251 Å². The summed E-state index contributed by atoms with van der Waals surface area (Å²) >= 11 is 0. The summed E-state index contributed by atoms with van der Waals surface area (Å²) in [4.78, 5) is 35.6. The van der Waals surface area contributed by atoms with E-state index < -0.39 is 32.5 Å². The normalized spacial score (nSPS) is 14.1. The Morgan fingerprint density at radius 3 is 1.05 bits per heavy atom. The zero-order valence-electron chi connectivity index (χ0n) is 50.6. The van der Waals surface area contributed by atoms with Gasteiger partial charge in [-0.05, 0) is 103 Å². The summed E-state index contributed by atoms with van der Waals surface area (Å²) in [7, 11) is 1.45. The van der Waals surface area contributed by atoms with Crippen LogP contribution in [-0.4, -0.2) is 74.9 Å². The molecule has 0 rings (SSSR count). The highest BCUT2D eigenvalue weighted by atomic mass is 31.2. The van der Waals surface area contributed by atoms with Crippen molar-refractivity contribution in [3.8, 4) is 0 Å². The van der Waals surface area contributed by atoms with Crippen molar-refractivity contribution in [3.63, 3.8) is 0 Å². The molecule has 0 spiro atoms. The number of nitrogens with zero attached hydrogens (tertiary/aromatic N) is 1. The van der Waals surface area contributed by atoms with E-state index >= 15 is 0 Å². The maximum absolute atomic E-state index is 12.8. The van der Waals surface area contributed by atoms with Gasteiger partial charge in [0.05, 0.1) is 27.7 Å². The van der Waals surface area contributed by atoms with E-state index in [2.05, 4.69) is 135 Å². The minimum Gasteiger partial charge on any atom is -0.462 e. The number of hydrogen-bond acceptors (Lipinski definition) is 7. The summed E-state index contributed by atoms with van der Waals surface area (Å²) in [5.74, 6) is -0.847. The van der Waals surface area contributed by atoms with Crippen LogP contribution >= 0.6 is 7.82 Å². The average Bonchev–Trinajstić information content (AvgIpc) is 3.41. The Kier molecular flexibility index (Phi) is 55.4. The number of carbonyl (C=O) groups excluding carboxylic acids is 2. The molecule has 0 aromatic carbocycles. The number of allylic oxidation sites excluding steroid dienone is 20. The number of esters is 2. The monoisotopic (exact) mass is 1110 g/mol. The van der Waals surface area contributed by atoms with E-state index in [1.54, 1.807) is 0 Å². The molecule has 2 unspecified atom stereocenters. The highest BCUT2D eigenvalue weighted by Crippen LogP contribution is 2.43. The van der Waals surface area contributed by atoms with E-state index in [1.165, 1.54) is 109 Å². The van der Waals surface area contributed by atoms with Gasteiger partial charge in [0.15, 0.2) is 6.10 Å². The molecule has 0 aromatic heterocycles. The molecule has 0 radical (unpaired) electrons. The molecule has 2 atom stereocenters. The van der Waals surface area contributed by atoms with Crippen LogP contribution in [0.25, 0.3) is 0 Å². The van der Waals surface area contributed by atoms with E-state index in [-0.39, 0.29) is 26.1 Å². The standard InChI is InChI=1S/C68H116NO8P/c1-6-8-10-12-14-16-18-20-22-23-24-25-26-27-28-29-30-31-32-33-34-35-36-37-38-39-40-41-42-43-44-45-47-49-51-53-55-57-59-61-68(71)77-66(65-76-78(72,73)75-63-62-69(3,4)5)64-74-67(70)60-58-56-54-52-50-48-46-21-19-17-15-13-11-9-7-2/h8-11,14-17,20-22,24-25,27-28,30-31,46,50,52,66H,6-7,12-13,18-19,23,26,29,32-45,47-49,51,53-65H2,1-5H3/p+1/b10-8-,11-9-,16-14-,17-15-,22-20-,25-24-,28-27-,31-30-,46-21-,52-50-. The average molecular weight is 1110 g/mol. The summed E-state index contributed by atoms with van der Waals surface area (Å²) in [5.41, 5.74) is 0. The molecule has 78 heavy (non-hydrogen) atoms. The first-order valence-electron chi connectivity index (χ1n) is 31.3. The molecular formula is C68H117NO8P+. The third kappa shape index (κ3) is 61.6. The SMILES string of the molecule is CC/C=C\C/C=C\C/C=C\C/C=C\C/C=C\C/C=C\CCCCCCCCCCCCCCCCCCCCCCC(=O)OC(COC(=O)CCCC/C=C\C/C=C\C/C=C\C/C=C\CC)COP(=O)(O)OCC[N+](C)(C)C. The molecule has 0 aromatic rings. The van der Waals surface area contributed by atoms with Gasteiger partial charge in [0, 0.05) is 12.8 Å². The van der Waals surface area contributed by atoms with Gasteiger partial charge in [0.1, 0.15) is 19.8 Å². The molecule has 1 N–H and O–H groups in total. The number of unbranched alkanes of at least 4 members (excludes halogenated alkanes) is 22. The minimum absolute atomic E-state index is 0.0211. The second kappa shape index (κ2) is 58.1. The summed E-state index contributed by atoms with van der Waals surface area (Å²) in [5, 5.41) is 0. The van der Waals surface area contributed by atoms with Crippen LogP contribution in [0.4, 0.5) is 0 Å². The maximum atomic E-state index is 12.8. The fourth-order valence-corrected chi connectivity index (χ4v) is 8.99. The van der Waals surface area contributed by atoms with Crippen molar-refractivity contribution in [2.75, 3.05) is 47.5 Å². The number of phosphoric ester groups is 1. The third-order valence-electron chi connectivity index (χ3n) is 13.0. The predicted octanol–water partition coefficient (Wildman–Crippen LogP) is 19.9. The Bertz CT molecular complexity index is 1730. The van der Waals surface area contributed by atoms with E-state index in [4.69, 9.17) is 18.5 Å². The predicted molar refractivity (Wildman–Crippen MR) is 334 cm³/mol. The molecule has 0 saturated heterocycles. The zero-order chi connectivity index (χ0) is 57.0. The highest BCUT2D eigenvalue weighted by molar-refractivity contribution is 7.47. The molecule has 446 valence electrons. The quantitative estimate of drug-likeness (QED) is 0.0211. The lowest BCUT2D eigenvalue weighted by molar-refractivity contribution is -0.870. The molecule has 0 saturated carbocycles. The number of hydrogen-bond donors (Lipinski definition) is 1. The van der Waals surface area contributed by atoms with Crippen LogP contribution in [0.5, 0.6) is 0 Å². The Morgan fingerprint density at radius 1 is 0.397 bits per heavy atom. The largest absolute Gasteiger partial charge is 0.472 e. The van der Waals surface area contributed by atoms with Crippen molar-refractivity contribution in [2.24, 2.45) is 0 Å². The van der Waals surface area contributed by atoms with Crippen molar-refractivity contribution in [3.05, 3.63) is 122 Å². The maximum Gasteiger partial charge on any atom is 0.472 e. The van der Waals surface area contributed by atoms with Gasteiger partial charge in [0.25, 0.3) is 0 Å². The van der Waals surface area contributed by atoms with Crippen LogP contribution in [-0.2, 0) is 32.7 Å². The lowest BCUT2D eigenvalue weighted by Gasteiger charge is -2.24. The lowest BCUT2D eigenvalue weighted by Crippen LogP contribution is -2.37. The molecule has 0 heterocycles. The van der Waals surface area contributed by atoms with E-state index in [0.29, 0.717) is 23.9 Å². The van der Waals surface area contributed by atoms with Crippen molar-refractivity contribution < 1.29 is 42.1 Å². The van der Waals surface area contributed by atoms with Crippen molar-refractivity contribution >= 4 is 19.8 Å². The van der Waals surface area contributed by atoms with Gasteiger partial charge < -0.3 is 18.9 Å². The number of quaternary nitrogens is 1. The summed E-state index contributed by atoms with van der Waals surface area (Å²) in [6, 6.07) is 0. The van der Waals surface area contributed by atoms with Gasteiger partial charge in [-0.15, -0.1) is 0 Å². The van der Waals surface area contributed by atoms with Crippen LogP contribution in [0.15, 0.2) is 122 Å². The minimum atomic E-state index is -4.40. The Balaban J connectivity index is 4.00. The van der Waals surface area contributed by atoms with E-state index in [0.717, 1.165) is 96.3 Å². The number of rotatable bonds is 56. The summed E-state index contributed by atoms with van der Waals surface area (Å²) in [6.45, 7) is 4.15. The van der Waals surface area contributed by atoms with Crippen LogP contribution < -0.4 is 0 Å². The number of carbonyl (C=O) groups is 2. The number of likely N-dealkylation sites (N-methyl/N-ethyl adjacent to an activating group) is 1. The first-order chi connectivity index (χ1) is 38.0. The van der Waals surface area contributed by atoms with Gasteiger partial charge in [-0.2, -0.15) is 0 Å². The molecular weight excluding hydrogens is 990 g/mol. The van der Waals surface area contributed by atoms with Crippen LogP contribution in [0, 0.1) is 0 Å². The molecule has 0 fully saturated rings. The highest BCUT2D eigenvalue weighted by Gasteiger charge is 2.27. The van der Waals surface area contributed by atoms with Crippen molar-refractivity contribution in [1.29, 1.82) is 0 Å². The molecule has 0 aliphatic carbocycles. The summed E-state index contributed by atoms with van der Waals surface area (Å²) < 4.78 is 34.5. The number of phosphoric acid groups is 1. The summed E-state index contributed by atoms with van der Waals surface area (Å²) in [6.07, 6.45) is 83.1. The van der Waals surface area contributed by atoms with Crippen molar-refractivity contribution in [2.45, 2.75) is 251 Å².